The first-order valence-electron chi connectivity index (χ1n) is 4.92. The van der Waals surface area contributed by atoms with E-state index < -0.39 is 23.4 Å². The zero-order valence-corrected chi connectivity index (χ0v) is 9.16. The lowest BCUT2D eigenvalue weighted by Gasteiger charge is -2.26. The van der Waals surface area contributed by atoms with Crippen LogP contribution in [0.25, 0.3) is 0 Å². The van der Waals surface area contributed by atoms with Gasteiger partial charge in [-0.15, -0.1) is 0 Å². The minimum atomic E-state index is -2.33. The fourth-order valence-corrected chi connectivity index (χ4v) is 1.39. The first-order chi connectivity index (χ1) is 7.77. The normalized spacial score (nSPS) is 16.2. The Balaban J connectivity index is 3.02. The Bertz CT molecular complexity index is 428. The molecule has 0 aliphatic heterocycles. The molecule has 94 valence electrons. The van der Waals surface area contributed by atoms with Crippen molar-refractivity contribution < 1.29 is 30.3 Å². The molecule has 6 heteroatoms. The van der Waals surface area contributed by atoms with Crippen LogP contribution in [0, 0.1) is 0 Å². The van der Waals surface area contributed by atoms with E-state index in [9.17, 15) is 20.1 Å². The molecule has 0 fully saturated rings. The van der Waals surface area contributed by atoms with Gasteiger partial charge in [-0.25, -0.2) is 4.79 Å². The number of phenols is 2. The summed E-state index contributed by atoms with van der Waals surface area (Å²) in [4.78, 5) is 10.9. The fraction of sp³-hybridized carbons (Fsp3) is 0.364. The van der Waals surface area contributed by atoms with Gasteiger partial charge in [0, 0.05) is 6.42 Å². The first kappa shape index (κ1) is 13.3. The Hall–Kier alpha value is -1.79. The maximum absolute atomic E-state index is 10.9. The topological polar surface area (TPSA) is 118 Å². The van der Waals surface area contributed by atoms with Crippen molar-refractivity contribution in [3.05, 3.63) is 23.8 Å². The summed E-state index contributed by atoms with van der Waals surface area (Å²) in [5.41, 5.74) is -2.05. The molecule has 6 nitrogen and oxygen atoms in total. The van der Waals surface area contributed by atoms with E-state index in [-0.39, 0.29) is 17.7 Å². The maximum Gasteiger partial charge on any atom is 0.338 e. The molecule has 2 atom stereocenters. The van der Waals surface area contributed by atoms with Gasteiger partial charge in [-0.3, -0.25) is 0 Å². The Labute approximate surface area is 97.4 Å². The molecule has 17 heavy (non-hydrogen) atoms. The lowest BCUT2D eigenvalue weighted by molar-refractivity contribution is -0.170. The summed E-state index contributed by atoms with van der Waals surface area (Å²) in [6.07, 6.45) is -1.86. The van der Waals surface area contributed by atoms with Crippen LogP contribution in [0.1, 0.15) is 12.5 Å². The quantitative estimate of drug-likeness (QED) is 0.468. The van der Waals surface area contributed by atoms with E-state index in [1.54, 1.807) is 0 Å². The summed E-state index contributed by atoms with van der Waals surface area (Å²) in [5.74, 6) is -2.31. The molecule has 1 aromatic carbocycles. The maximum atomic E-state index is 10.9. The molecule has 0 aliphatic carbocycles. The molecule has 0 spiro atoms. The molecule has 1 rings (SSSR count). The van der Waals surface area contributed by atoms with Crippen LogP contribution in [0.2, 0.25) is 0 Å². The van der Waals surface area contributed by atoms with Crippen molar-refractivity contribution in [2.75, 3.05) is 0 Å². The molecule has 0 radical (unpaired) electrons. The number of aromatic hydroxyl groups is 2. The van der Waals surface area contributed by atoms with Crippen LogP contribution in [0.5, 0.6) is 11.5 Å². The minimum Gasteiger partial charge on any atom is -0.504 e. The number of aliphatic carboxylic acids is 1. The Morgan fingerprint density at radius 2 is 1.94 bits per heavy atom. The van der Waals surface area contributed by atoms with Crippen LogP contribution < -0.4 is 0 Å². The smallest absolute Gasteiger partial charge is 0.338 e. The highest BCUT2D eigenvalue weighted by Crippen LogP contribution is 2.27. The van der Waals surface area contributed by atoms with Crippen molar-refractivity contribution in [2.24, 2.45) is 0 Å². The number of carboxylic acids is 1. The zero-order valence-electron chi connectivity index (χ0n) is 9.16. The van der Waals surface area contributed by atoms with Crippen molar-refractivity contribution in [3.63, 3.8) is 0 Å². The molecular formula is C11H14O6. The van der Waals surface area contributed by atoms with E-state index in [2.05, 4.69) is 0 Å². The van der Waals surface area contributed by atoms with Gasteiger partial charge in [0.1, 0.15) is 0 Å². The second-order valence-electron chi connectivity index (χ2n) is 3.91. The molecular weight excluding hydrogens is 228 g/mol. The molecule has 0 aromatic heterocycles. The summed E-state index contributed by atoms with van der Waals surface area (Å²) in [7, 11) is 0. The van der Waals surface area contributed by atoms with Crippen LogP contribution in [0.4, 0.5) is 0 Å². The Kier molecular flexibility index (Phi) is 3.59. The average molecular weight is 242 g/mol. The van der Waals surface area contributed by atoms with Crippen molar-refractivity contribution in [3.8, 4) is 11.5 Å². The third-order valence-corrected chi connectivity index (χ3v) is 2.57. The van der Waals surface area contributed by atoms with Gasteiger partial charge in [-0.2, -0.15) is 0 Å². The van der Waals surface area contributed by atoms with Crippen LogP contribution in [0.15, 0.2) is 18.2 Å². The highest BCUT2D eigenvalue weighted by molar-refractivity contribution is 5.78. The molecule has 0 amide bonds. The van der Waals surface area contributed by atoms with Gasteiger partial charge in [-0.05, 0) is 24.6 Å². The van der Waals surface area contributed by atoms with E-state index in [0.717, 1.165) is 13.0 Å². The minimum absolute atomic E-state index is 0.283. The number of aliphatic hydroxyl groups is 2. The van der Waals surface area contributed by atoms with Crippen LogP contribution in [-0.2, 0) is 11.2 Å². The molecule has 0 aliphatic rings. The molecule has 0 saturated heterocycles. The lowest BCUT2D eigenvalue weighted by Crippen LogP contribution is -2.50. The number of hydrogen-bond donors (Lipinski definition) is 5. The number of benzene rings is 1. The van der Waals surface area contributed by atoms with E-state index >= 15 is 0 Å². The standard InChI is InChI=1S/C11H14O6/c1-6(12)11(17,10(15)16)5-7-2-3-8(13)9(14)4-7/h2-4,6,12-14,17H,5H2,1H3,(H,15,16)/t6-,11+/m0/s1. The molecule has 0 unspecified atom stereocenters. The number of phenolic OH excluding ortho intramolecular Hbond substituents is 2. The second kappa shape index (κ2) is 4.60. The third-order valence-electron chi connectivity index (χ3n) is 2.57. The van der Waals surface area contributed by atoms with Crippen LogP contribution in [0.3, 0.4) is 0 Å². The molecule has 0 heterocycles. The average Bonchev–Trinajstić information content (AvgIpc) is 2.22. The number of rotatable bonds is 4. The van der Waals surface area contributed by atoms with Crippen molar-refractivity contribution in [1.82, 2.24) is 0 Å². The fourth-order valence-electron chi connectivity index (χ4n) is 1.39. The monoisotopic (exact) mass is 242 g/mol. The molecule has 1 aromatic rings. The largest absolute Gasteiger partial charge is 0.504 e. The summed E-state index contributed by atoms with van der Waals surface area (Å²) < 4.78 is 0. The van der Waals surface area contributed by atoms with Gasteiger partial charge in [0.15, 0.2) is 17.1 Å². The van der Waals surface area contributed by atoms with E-state index in [1.165, 1.54) is 12.1 Å². The summed E-state index contributed by atoms with van der Waals surface area (Å²) in [5, 5.41) is 46.3. The Morgan fingerprint density at radius 1 is 1.35 bits per heavy atom. The van der Waals surface area contributed by atoms with Crippen molar-refractivity contribution in [2.45, 2.75) is 25.0 Å². The van der Waals surface area contributed by atoms with Gasteiger partial charge < -0.3 is 25.5 Å². The van der Waals surface area contributed by atoms with E-state index in [4.69, 9.17) is 10.2 Å². The van der Waals surface area contributed by atoms with E-state index in [1.807, 2.05) is 0 Å². The molecule has 5 N–H and O–H groups in total. The van der Waals surface area contributed by atoms with Gasteiger partial charge in [0.25, 0.3) is 0 Å². The predicted octanol–water partition coefficient (Wildman–Crippen LogP) is -0.163. The predicted molar refractivity (Wildman–Crippen MR) is 57.7 cm³/mol. The van der Waals surface area contributed by atoms with Gasteiger partial charge in [0.2, 0.25) is 0 Å². The summed E-state index contributed by atoms with van der Waals surface area (Å²) in [6.45, 7) is 1.16. The van der Waals surface area contributed by atoms with Crippen molar-refractivity contribution in [1.29, 1.82) is 0 Å². The second-order valence-corrected chi connectivity index (χ2v) is 3.91. The summed E-state index contributed by atoms with van der Waals surface area (Å²) >= 11 is 0. The van der Waals surface area contributed by atoms with Gasteiger partial charge >= 0.3 is 5.97 Å². The highest BCUT2D eigenvalue weighted by Gasteiger charge is 2.41. The summed E-state index contributed by atoms with van der Waals surface area (Å²) in [6, 6.07) is 3.66. The SMILES string of the molecule is C[C@H](O)[C@](O)(Cc1ccc(O)c(O)c1)C(=O)O. The van der Waals surface area contributed by atoms with E-state index in [0.29, 0.717) is 0 Å². The number of carbonyl (C=O) groups is 1. The van der Waals surface area contributed by atoms with Gasteiger partial charge in [-0.1, -0.05) is 6.07 Å². The molecule has 0 saturated carbocycles. The third kappa shape index (κ3) is 2.66. The number of hydrogen-bond acceptors (Lipinski definition) is 5. The highest BCUT2D eigenvalue weighted by atomic mass is 16.4. The zero-order chi connectivity index (χ0) is 13.2. The molecule has 0 bridgehead atoms. The van der Waals surface area contributed by atoms with Crippen LogP contribution >= 0.6 is 0 Å². The first-order valence-corrected chi connectivity index (χ1v) is 4.92. The Morgan fingerprint density at radius 3 is 2.35 bits per heavy atom. The van der Waals surface area contributed by atoms with Crippen LogP contribution in [-0.4, -0.2) is 43.2 Å². The van der Waals surface area contributed by atoms with Gasteiger partial charge in [0.05, 0.1) is 6.10 Å². The van der Waals surface area contributed by atoms with Crippen molar-refractivity contribution >= 4 is 5.97 Å². The number of aliphatic hydroxyl groups excluding tert-OH is 1. The number of carboxylic acid groups (broad SMARTS) is 1. The lowest BCUT2D eigenvalue weighted by atomic mass is 9.90.